The minimum Gasteiger partial charge on any atom is -0.373 e. The Labute approximate surface area is 145 Å². The first-order valence-electron chi connectivity index (χ1n) is 8.32. The molecule has 0 aromatic carbocycles. The first-order valence-corrected chi connectivity index (χ1v) is 8.32. The summed E-state index contributed by atoms with van der Waals surface area (Å²) in [5, 5.41) is 7.02. The van der Waals surface area contributed by atoms with Gasteiger partial charge in [-0.15, -0.1) is 0 Å². The highest BCUT2D eigenvalue weighted by Crippen LogP contribution is 2.28. The van der Waals surface area contributed by atoms with Crippen LogP contribution in [-0.2, 0) is 11.8 Å². The van der Waals surface area contributed by atoms with E-state index in [2.05, 4.69) is 27.2 Å². The summed E-state index contributed by atoms with van der Waals surface area (Å²) < 4.78 is 21.3. The van der Waals surface area contributed by atoms with E-state index in [1.54, 1.807) is 4.68 Å². The zero-order valence-corrected chi connectivity index (χ0v) is 14.4. The van der Waals surface area contributed by atoms with Crippen LogP contribution in [0.25, 0.3) is 0 Å². The fourth-order valence-electron chi connectivity index (χ4n) is 3.18. The summed E-state index contributed by atoms with van der Waals surface area (Å²) in [6.07, 6.45) is 5.97. The highest BCUT2D eigenvalue weighted by atomic mass is 19.1. The van der Waals surface area contributed by atoms with Gasteiger partial charge in [-0.3, -0.25) is 19.4 Å². The molecule has 0 aliphatic carbocycles. The van der Waals surface area contributed by atoms with Gasteiger partial charge in [-0.25, -0.2) is 4.39 Å². The molecule has 0 unspecified atom stereocenters. The monoisotopic (exact) mass is 347 g/mol. The molecule has 8 heteroatoms. The normalized spacial score (nSPS) is 21.2. The molecule has 2 atom stereocenters. The molecule has 25 heavy (non-hydrogen) atoms. The number of ether oxygens (including phenoxy) is 1. The van der Waals surface area contributed by atoms with Crippen molar-refractivity contribution < 1.29 is 13.9 Å². The van der Waals surface area contributed by atoms with Gasteiger partial charge < -0.3 is 10.1 Å². The van der Waals surface area contributed by atoms with Crippen LogP contribution in [0.4, 0.5) is 4.39 Å². The van der Waals surface area contributed by atoms with E-state index in [9.17, 15) is 9.18 Å². The van der Waals surface area contributed by atoms with Gasteiger partial charge in [0, 0.05) is 38.1 Å². The fraction of sp³-hybridized carbons (Fsp3) is 0.471. The van der Waals surface area contributed by atoms with E-state index in [-0.39, 0.29) is 24.3 Å². The molecule has 2 aromatic heterocycles. The van der Waals surface area contributed by atoms with Crippen molar-refractivity contribution in [1.82, 2.24) is 25.0 Å². The van der Waals surface area contributed by atoms with Crippen LogP contribution in [0, 0.1) is 5.82 Å². The van der Waals surface area contributed by atoms with Crippen LogP contribution in [0.2, 0.25) is 0 Å². The van der Waals surface area contributed by atoms with Crippen molar-refractivity contribution in [2.45, 2.75) is 19.1 Å². The van der Waals surface area contributed by atoms with E-state index in [0.717, 1.165) is 24.8 Å². The van der Waals surface area contributed by atoms with Crippen molar-refractivity contribution in [3.8, 4) is 0 Å². The molecule has 1 amide bonds. The van der Waals surface area contributed by atoms with Gasteiger partial charge in [0.1, 0.15) is 0 Å². The predicted octanol–water partition coefficient (Wildman–Crippen LogP) is 1.15. The van der Waals surface area contributed by atoms with E-state index >= 15 is 0 Å². The van der Waals surface area contributed by atoms with E-state index in [1.807, 2.05) is 19.4 Å². The molecule has 0 spiro atoms. The van der Waals surface area contributed by atoms with Gasteiger partial charge in [0.15, 0.2) is 5.82 Å². The molecule has 1 aliphatic heterocycles. The number of pyridine rings is 1. The predicted molar refractivity (Wildman–Crippen MR) is 89.5 cm³/mol. The topological polar surface area (TPSA) is 72.3 Å². The van der Waals surface area contributed by atoms with Crippen molar-refractivity contribution in [1.29, 1.82) is 0 Å². The van der Waals surface area contributed by atoms with Gasteiger partial charge in [-0.2, -0.15) is 5.10 Å². The molecule has 3 heterocycles. The molecular weight excluding hydrogens is 325 g/mol. The molecule has 1 saturated heterocycles. The van der Waals surface area contributed by atoms with Gasteiger partial charge >= 0.3 is 0 Å². The molecule has 134 valence electrons. The second-order valence-electron chi connectivity index (χ2n) is 6.00. The number of aryl methyl sites for hydroxylation is 1. The van der Waals surface area contributed by atoms with Crippen molar-refractivity contribution in [3.63, 3.8) is 0 Å². The molecule has 0 saturated carbocycles. The summed E-state index contributed by atoms with van der Waals surface area (Å²) in [6.45, 7) is 4.66. The maximum Gasteiger partial charge on any atom is 0.254 e. The Morgan fingerprint density at radius 2 is 2.32 bits per heavy atom. The summed E-state index contributed by atoms with van der Waals surface area (Å²) in [4.78, 5) is 18.2. The lowest BCUT2D eigenvalue weighted by Gasteiger charge is -2.40. The number of nitrogens with zero attached hydrogens (tertiary/aromatic N) is 4. The maximum absolute atomic E-state index is 13.7. The molecule has 7 nitrogen and oxygen atoms in total. The van der Waals surface area contributed by atoms with Crippen LogP contribution in [0.3, 0.4) is 0 Å². The van der Waals surface area contributed by atoms with Gasteiger partial charge in [0.25, 0.3) is 5.91 Å². The lowest BCUT2D eigenvalue weighted by Crippen LogP contribution is -2.49. The number of rotatable bonds is 5. The first-order chi connectivity index (χ1) is 12.1. The Morgan fingerprint density at radius 3 is 3.00 bits per heavy atom. The number of aromatic nitrogens is 3. The Hall–Kier alpha value is -2.32. The standard InChI is InChI=1S/C17H22FN5O2/c1-3-23-6-7-25-15(16(23)12-8-21-22(2)11-12)10-20-17(24)13-4-5-19-9-14(13)18/h4-5,8-9,11,15-16H,3,6-7,10H2,1-2H3,(H,20,24)/t15-,16-/m0/s1. The minimum absolute atomic E-state index is 0.00460. The molecular formula is C17H22FN5O2. The third kappa shape index (κ3) is 3.85. The van der Waals surface area contributed by atoms with Crippen LogP contribution in [0.5, 0.6) is 0 Å². The van der Waals surface area contributed by atoms with E-state index in [4.69, 9.17) is 4.74 Å². The molecule has 1 fully saturated rings. The van der Waals surface area contributed by atoms with Crippen molar-refractivity contribution in [2.75, 3.05) is 26.2 Å². The molecule has 2 aromatic rings. The van der Waals surface area contributed by atoms with Crippen LogP contribution < -0.4 is 5.32 Å². The smallest absolute Gasteiger partial charge is 0.254 e. The number of morpholine rings is 1. The average Bonchev–Trinajstić information content (AvgIpc) is 3.05. The SMILES string of the molecule is CCN1CCO[C@@H](CNC(=O)c2ccncc2F)[C@@H]1c1cnn(C)c1. The number of nitrogens with one attached hydrogen (secondary N) is 1. The second kappa shape index (κ2) is 7.71. The number of carbonyl (C=O) groups excluding carboxylic acids is 1. The van der Waals surface area contributed by atoms with E-state index in [1.165, 1.54) is 12.3 Å². The zero-order valence-electron chi connectivity index (χ0n) is 14.4. The van der Waals surface area contributed by atoms with Crippen LogP contribution in [0.1, 0.15) is 28.9 Å². The van der Waals surface area contributed by atoms with E-state index < -0.39 is 11.7 Å². The Kier molecular flexibility index (Phi) is 5.40. The third-order valence-corrected chi connectivity index (χ3v) is 4.41. The third-order valence-electron chi connectivity index (χ3n) is 4.41. The highest BCUT2D eigenvalue weighted by molar-refractivity contribution is 5.94. The first kappa shape index (κ1) is 17.5. The summed E-state index contributed by atoms with van der Waals surface area (Å²) in [5.41, 5.74) is 1.02. The number of hydrogen-bond acceptors (Lipinski definition) is 5. The lowest BCUT2D eigenvalue weighted by molar-refractivity contribution is -0.0685. The van der Waals surface area contributed by atoms with Crippen molar-refractivity contribution in [3.05, 3.63) is 47.8 Å². The molecule has 3 rings (SSSR count). The van der Waals surface area contributed by atoms with Gasteiger partial charge in [-0.05, 0) is 12.6 Å². The van der Waals surface area contributed by atoms with Crippen LogP contribution in [-0.4, -0.2) is 57.9 Å². The second-order valence-corrected chi connectivity index (χ2v) is 6.00. The summed E-state index contributed by atoms with van der Waals surface area (Å²) in [5.74, 6) is -1.11. The number of amides is 1. The lowest BCUT2D eigenvalue weighted by atomic mass is 10.0. The van der Waals surface area contributed by atoms with Gasteiger partial charge in [0.05, 0.1) is 36.7 Å². The number of likely N-dealkylation sites (N-methyl/N-ethyl adjacent to an activating group) is 1. The van der Waals surface area contributed by atoms with Crippen LogP contribution >= 0.6 is 0 Å². The quantitative estimate of drug-likeness (QED) is 0.878. The van der Waals surface area contributed by atoms with Gasteiger partial charge in [-0.1, -0.05) is 6.92 Å². The molecule has 0 bridgehead atoms. The highest BCUT2D eigenvalue weighted by Gasteiger charge is 2.34. The zero-order chi connectivity index (χ0) is 17.8. The Morgan fingerprint density at radius 1 is 1.48 bits per heavy atom. The molecule has 1 aliphatic rings. The Bertz CT molecular complexity index is 735. The van der Waals surface area contributed by atoms with Crippen molar-refractivity contribution in [2.24, 2.45) is 7.05 Å². The number of halogens is 1. The molecule has 1 N–H and O–H groups in total. The van der Waals surface area contributed by atoms with Crippen molar-refractivity contribution >= 4 is 5.91 Å². The largest absolute Gasteiger partial charge is 0.373 e. The molecule has 0 radical (unpaired) electrons. The van der Waals surface area contributed by atoms with Crippen LogP contribution in [0.15, 0.2) is 30.9 Å². The fourth-order valence-corrected chi connectivity index (χ4v) is 3.18. The summed E-state index contributed by atoms with van der Waals surface area (Å²) >= 11 is 0. The van der Waals surface area contributed by atoms with Gasteiger partial charge in [0.2, 0.25) is 0 Å². The summed E-state index contributed by atoms with van der Waals surface area (Å²) in [6, 6.07) is 1.36. The number of carbonyl (C=O) groups is 1. The maximum atomic E-state index is 13.7. The number of hydrogen-bond donors (Lipinski definition) is 1. The minimum atomic E-state index is -0.636. The Balaban J connectivity index is 1.73. The average molecular weight is 347 g/mol. The summed E-state index contributed by atoms with van der Waals surface area (Å²) in [7, 11) is 1.87. The van der Waals surface area contributed by atoms with E-state index in [0.29, 0.717) is 6.61 Å².